The molecule has 0 aliphatic carbocycles. The van der Waals surface area contributed by atoms with E-state index in [4.69, 9.17) is 0 Å². The fraction of sp³-hybridized carbons (Fsp3) is 0.429. The Morgan fingerprint density at radius 2 is 1.65 bits per heavy atom. The number of nitrogens with one attached hydrogen (secondary N) is 1. The van der Waals surface area contributed by atoms with Gasteiger partial charge in [-0.25, -0.2) is 0 Å². The van der Waals surface area contributed by atoms with Gasteiger partial charge in [0.1, 0.15) is 5.75 Å². The van der Waals surface area contributed by atoms with Crippen molar-refractivity contribution < 1.29 is 5.11 Å². The average molecular weight is 311 g/mol. The smallest absolute Gasteiger partial charge is 0.119 e. The largest absolute Gasteiger partial charge is 0.508 e. The summed E-state index contributed by atoms with van der Waals surface area (Å²) in [7, 11) is 2.01. The second-order valence-electron chi connectivity index (χ2n) is 6.46. The molecule has 0 saturated heterocycles. The predicted octanol–water partition coefficient (Wildman–Crippen LogP) is 4.94. The van der Waals surface area contributed by atoms with Crippen molar-refractivity contribution >= 4 is 0 Å². The maximum absolute atomic E-state index is 10.3. The van der Waals surface area contributed by atoms with Gasteiger partial charge in [-0.2, -0.15) is 0 Å². The molecule has 2 nitrogen and oxygen atoms in total. The lowest BCUT2D eigenvalue weighted by Gasteiger charge is -2.23. The van der Waals surface area contributed by atoms with Crippen LogP contribution in [-0.4, -0.2) is 18.7 Å². The van der Waals surface area contributed by atoms with Crippen molar-refractivity contribution in [1.82, 2.24) is 5.32 Å². The van der Waals surface area contributed by atoms with Crippen LogP contribution in [0.2, 0.25) is 0 Å². The molecule has 0 aromatic heterocycles. The Bertz CT molecular complexity index is 567. The van der Waals surface area contributed by atoms with Gasteiger partial charge in [-0.15, -0.1) is 0 Å². The van der Waals surface area contributed by atoms with E-state index in [0.717, 1.165) is 18.5 Å². The van der Waals surface area contributed by atoms with E-state index in [1.807, 2.05) is 25.2 Å². The highest BCUT2D eigenvalue weighted by Crippen LogP contribution is 2.36. The number of hydrogen-bond donors (Lipinski definition) is 2. The average Bonchev–Trinajstić information content (AvgIpc) is 2.58. The molecule has 2 aromatic rings. The maximum atomic E-state index is 10.3. The molecule has 124 valence electrons. The summed E-state index contributed by atoms with van der Waals surface area (Å²) in [5.74, 6) is 1.30. The molecule has 0 aliphatic rings. The first-order valence-electron chi connectivity index (χ1n) is 8.69. The number of hydrogen-bond acceptors (Lipinski definition) is 2. The fourth-order valence-electron chi connectivity index (χ4n) is 3.22. The molecule has 2 heteroatoms. The molecule has 0 amide bonds. The van der Waals surface area contributed by atoms with Crippen molar-refractivity contribution in [3.8, 4) is 5.75 Å². The summed E-state index contributed by atoms with van der Waals surface area (Å²) in [6.45, 7) is 3.42. The summed E-state index contributed by atoms with van der Waals surface area (Å²) in [5.41, 5.74) is 2.33. The summed E-state index contributed by atoms with van der Waals surface area (Å²) >= 11 is 0. The van der Waals surface area contributed by atoms with E-state index < -0.39 is 0 Å². The van der Waals surface area contributed by atoms with Crippen LogP contribution in [0.5, 0.6) is 5.75 Å². The van der Waals surface area contributed by atoms with Crippen molar-refractivity contribution in [2.75, 3.05) is 13.6 Å². The van der Waals surface area contributed by atoms with Gasteiger partial charge in [0.25, 0.3) is 0 Å². The van der Waals surface area contributed by atoms with Crippen LogP contribution in [0.1, 0.15) is 49.7 Å². The lowest BCUT2D eigenvalue weighted by Crippen LogP contribution is -2.10. The minimum atomic E-state index is 0.261. The van der Waals surface area contributed by atoms with Crippen molar-refractivity contribution in [2.45, 2.75) is 38.5 Å². The Balaban J connectivity index is 2.10. The third-order valence-electron chi connectivity index (χ3n) is 4.53. The van der Waals surface area contributed by atoms with Crippen LogP contribution in [0.25, 0.3) is 0 Å². The van der Waals surface area contributed by atoms with Gasteiger partial charge in [-0.3, -0.25) is 0 Å². The zero-order valence-electron chi connectivity index (χ0n) is 14.3. The Morgan fingerprint density at radius 1 is 0.957 bits per heavy atom. The first-order valence-corrected chi connectivity index (χ1v) is 8.69. The number of phenols is 1. The lowest BCUT2D eigenvalue weighted by molar-refractivity contribution is 0.425. The third kappa shape index (κ3) is 5.40. The SMILES string of the molecule is CNCCCCC(C)CC(c1ccccc1)c1ccccc1O. The van der Waals surface area contributed by atoms with E-state index in [2.05, 4.69) is 42.6 Å². The molecule has 2 unspecified atom stereocenters. The predicted molar refractivity (Wildman–Crippen MR) is 98.0 cm³/mol. The number of unbranched alkanes of at least 4 members (excludes halogenated alkanes) is 1. The van der Waals surface area contributed by atoms with Gasteiger partial charge in [0.05, 0.1) is 0 Å². The second kappa shape index (κ2) is 9.36. The van der Waals surface area contributed by atoms with E-state index in [1.54, 1.807) is 6.07 Å². The first kappa shape index (κ1) is 17.6. The van der Waals surface area contributed by atoms with Crippen LogP contribution in [0.15, 0.2) is 54.6 Å². The quantitative estimate of drug-likeness (QED) is 0.643. The topological polar surface area (TPSA) is 32.3 Å². The number of para-hydroxylation sites is 1. The van der Waals surface area contributed by atoms with Gasteiger partial charge >= 0.3 is 0 Å². The molecule has 0 radical (unpaired) electrons. The van der Waals surface area contributed by atoms with Crippen molar-refractivity contribution in [2.24, 2.45) is 5.92 Å². The maximum Gasteiger partial charge on any atom is 0.119 e. The van der Waals surface area contributed by atoms with E-state index in [0.29, 0.717) is 11.7 Å². The molecule has 0 bridgehead atoms. The summed E-state index contributed by atoms with van der Waals surface area (Å²) in [5, 5.41) is 13.5. The van der Waals surface area contributed by atoms with Crippen LogP contribution in [0.3, 0.4) is 0 Å². The van der Waals surface area contributed by atoms with Crippen LogP contribution >= 0.6 is 0 Å². The van der Waals surface area contributed by atoms with E-state index >= 15 is 0 Å². The molecule has 2 N–H and O–H groups in total. The monoisotopic (exact) mass is 311 g/mol. The van der Waals surface area contributed by atoms with Crippen LogP contribution < -0.4 is 5.32 Å². The van der Waals surface area contributed by atoms with E-state index in [-0.39, 0.29) is 5.92 Å². The third-order valence-corrected chi connectivity index (χ3v) is 4.53. The Morgan fingerprint density at radius 3 is 2.35 bits per heavy atom. The van der Waals surface area contributed by atoms with Crippen molar-refractivity contribution in [3.05, 3.63) is 65.7 Å². The van der Waals surface area contributed by atoms with Gasteiger partial charge in [0, 0.05) is 11.5 Å². The summed E-state index contributed by atoms with van der Waals surface area (Å²) in [6.07, 6.45) is 4.79. The van der Waals surface area contributed by atoms with Gasteiger partial charge < -0.3 is 10.4 Å². The van der Waals surface area contributed by atoms with Gasteiger partial charge in [0.2, 0.25) is 0 Å². The standard InChI is InChI=1S/C21H29NO/c1-17(10-8-9-15-22-2)16-20(18-11-4-3-5-12-18)19-13-6-7-14-21(19)23/h3-7,11-14,17,20,22-23H,8-10,15-16H2,1-2H3. The molecule has 2 atom stereocenters. The lowest BCUT2D eigenvalue weighted by atomic mass is 9.82. The number of rotatable bonds is 9. The highest BCUT2D eigenvalue weighted by Gasteiger charge is 2.19. The Hall–Kier alpha value is -1.80. The molecular formula is C21H29NO. The second-order valence-corrected chi connectivity index (χ2v) is 6.46. The molecule has 2 aromatic carbocycles. The van der Waals surface area contributed by atoms with E-state index in [1.165, 1.54) is 24.8 Å². The zero-order valence-corrected chi connectivity index (χ0v) is 14.3. The minimum Gasteiger partial charge on any atom is -0.508 e. The van der Waals surface area contributed by atoms with E-state index in [9.17, 15) is 5.11 Å². The number of aromatic hydroxyl groups is 1. The normalized spacial score (nSPS) is 13.7. The number of benzene rings is 2. The van der Waals surface area contributed by atoms with Crippen LogP contribution in [0, 0.1) is 5.92 Å². The molecule has 0 aliphatic heterocycles. The first-order chi connectivity index (χ1) is 11.2. The van der Waals surface area contributed by atoms with Gasteiger partial charge in [-0.1, -0.05) is 68.3 Å². The molecular weight excluding hydrogens is 282 g/mol. The Labute approximate surface area is 140 Å². The molecule has 23 heavy (non-hydrogen) atoms. The minimum absolute atomic E-state index is 0.261. The molecule has 0 fully saturated rings. The molecule has 0 saturated carbocycles. The summed E-state index contributed by atoms with van der Waals surface area (Å²) in [6, 6.07) is 18.3. The zero-order chi connectivity index (χ0) is 16.5. The van der Waals surface area contributed by atoms with Gasteiger partial charge in [0.15, 0.2) is 0 Å². The highest BCUT2D eigenvalue weighted by atomic mass is 16.3. The van der Waals surface area contributed by atoms with Gasteiger partial charge in [-0.05, 0) is 44.0 Å². The fourth-order valence-corrected chi connectivity index (χ4v) is 3.22. The molecule has 0 heterocycles. The van der Waals surface area contributed by atoms with Crippen LogP contribution in [0.4, 0.5) is 0 Å². The highest BCUT2D eigenvalue weighted by molar-refractivity contribution is 5.41. The summed E-state index contributed by atoms with van der Waals surface area (Å²) in [4.78, 5) is 0. The van der Waals surface area contributed by atoms with Crippen molar-refractivity contribution in [1.29, 1.82) is 0 Å². The molecule has 2 rings (SSSR count). The summed E-state index contributed by atoms with van der Waals surface area (Å²) < 4.78 is 0. The Kier molecular flexibility index (Phi) is 7.15. The molecule has 0 spiro atoms. The van der Waals surface area contributed by atoms with Crippen molar-refractivity contribution in [3.63, 3.8) is 0 Å². The number of phenolic OH excluding ortho intramolecular Hbond substituents is 1. The van der Waals surface area contributed by atoms with Crippen LogP contribution in [-0.2, 0) is 0 Å².